The zero-order chi connectivity index (χ0) is 12.3. The lowest BCUT2D eigenvalue weighted by molar-refractivity contribution is -0.153. The molecule has 96 valence electrons. The number of carbonyl (C=O) groups excluding carboxylic acids is 2. The summed E-state index contributed by atoms with van der Waals surface area (Å²) in [4.78, 5) is 25.6. The molecule has 2 atom stereocenters. The highest BCUT2D eigenvalue weighted by Crippen LogP contribution is 2.31. The van der Waals surface area contributed by atoms with Crippen LogP contribution in [0.1, 0.15) is 45.4 Å². The maximum absolute atomic E-state index is 11.9. The van der Waals surface area contributed by atoms with Crippen LogP contribution < -0.4 is 0 Å². The summed E-state index contributed by atoms with van der Waals surface area (Å²) >= 11 is 0. The standard InChI is InChI=1S/C13H21NO3/c1-2-17-13(16)10-6-3-4-7-11(10)14-9-5-8-12(14)15/h10-11H,2-9H2,1H3/t10-,11+/m1/s1. The largest absolute Gasteiger partial charge is 0.466 e. The second-order valence-electron chi connectivity index (χ2n) is 4.90. The molecule has 4 heteroatoms. The van der Waals surface area contributed by atoms with Crippen LogP contribution >= 0.6 is 0 Å². The normalized spacial score (nSPS) is 29.5. The summed E-state index contributed by atoms with van der Waals surface area (Å²) in [7, 11) is 0. The molecule has 4 nitrogen and oxygen atoms in total. The van der Waals surface area contributed by atoms with E-state index in [-0.39, 0.29) is 23.8 Å². The zero-order valence-corrected chi connectivity index (χ0v) is 10.5. The molecule has 1 saturated carbocycles. The Morgan fingerprint density at radius 2 is 2.12 bits per heavy atom. The van der Waals surface area contributed by atoms with Crippen molar-refractivity contribution < 1.29 is 14.3 Å². The molecule has 1 heterocycles. The predicted molar refractivity (Wildman–Crippen MR) is 63.3 cm³/mol. The van der Waals surface area contributed by atoms with Gasteiger partial charge >= 0.3 is 5.97 Å². The van der Waals surface area contributed by atoms with Gasteiger partial charge in [-0.05, 0) is 26.2 Å². The van der Waals surface area contributed by atoms with Gasteiger partial charge in [0.05, 0.1) is 12.5 Å². The Hall–Kier alpha value is -1.06. The van der Waals surface area contributed by atoms with Crippen molar-refractivity contribution in [3.63, 3.8) is 0 Å². The van der Waals surface area contributed by atoms with E-state index < -0.39 is 0 Å². The van der Waals surface area contributed by atoms with Crippen LogP contribution in [0.5, 0.6) is 0 Å². The number of hydrogen-bond donors (Lipinski definition) is 0. The Kier molecular flexibility index (Phi) is 4.02. The van der Waals surface area contributed by atoms with Gasteiger partial charge in [0.1, 0.15) is 0 Å². The Morgan fingerprint density at radius 3 is 2.76 bits per heavy atom. The van der Waals surface area contributed by atoms with Crippen molar-refractivity contribution in [2.45, 2.75) is 51.5 Å². The highest BCUT2D eigenvalue weighted by Gasteiger charge is 2.39. The molecule has 0 unspecified atom stereocenters. The fourth-order valence-electron chi connectivity index (χ4n) is 3.03. The summed E-state index contributed by atoms with van der Waals surface area (Å²) in [5.41, 5.74) is 0. The molecule has 0 bridgehead atoms. The van der Waals surface area contributed by atoms with Gasteiger partial charge in [0, 0.05) is 19.0 Å². The van der Waals surface area contributed by atoms with Crippen LogP contribution in [0.2, 0.25) is 0 Å². The number of nitrogens with zero attached hydrogens (tertiary/aromatic N) is 1. The van der Waals surface area contributed by atoms with Crippen molar-refractivity contribution in [3.05, 3.63) is 0 Å². The fourth-order valence-corrected chi connectivity index (χ4v) is 3.03. The van der Waals surface area contributed by atoms with E-state index in [1.807, 2.05) is 11.8 Å². The Morgan fingerprint density at radius 1 is 1.35 bits per heavy atom. The van der Waals surface area contributed by atoms with E-state index in [0.29, 0.717) is 13.0 Å². The smallest absolute Gasteiger partial charge is 0.311 e. The monoisotopic (exact) mass is 239 g/mol. The van der Waals surface area contributed by atoms with E-state index in [2.05, 4.69) is 0 Å². The van der Waals surface area contributed by atoms with Gasteiger partial charge < -0.3 is 9.64 Å². The van der Waals surface area contributed by atoms with Gasteiger partial charge in [-0.3, -0.25) is 9.59 Å². The maximum Gasteiger partial charge on any atom is 0.311 e. The van der Waals surface area contributed by atoms with E-state index in [9.17, 15) is 9.59 Å². The fraction of sp³-hybridized carbons (Fsp3) is 0.846. The van der Waals surface area contributed by atoms with Crippen LogP contribution in [0.3, 0.4) is 0 Å². The minimum absolute atomic E-state index is 0.0919. The third-order valence-corrected chi connectivity index (χ3v) is 3.83. The predicted octanol–water partition coefficient (Wildman–Crippen LogP) is 1.73. The van der Waals surface area contributed by atoms with E-state index in [1.165, 1.54) is 0 Å². The van der Waals surface area contributed by atoms with E-state index in [1.54, 1.807) is 0 Å². The highest BCUT2D eigenvalue weighted by atomic mass is 16.5. The molecule has 1 saturated heterocycles. The number of hydrogen-bond acceptors (Lipinski definition) is 3. The van der Waals surface area contributed by atoms with Gasteiger partial charge in [-0.2, -0.15) is 0 Å². The first-order chi connectivity index (χ1) is 8.24. The van der Waals surface area contributed by atoms with Crippen LogP contribution in [0.15, 0.2) is 0 Å². The molecule has 0 aromatic carbocycles. The Bertz CT molecular complexity index is 303. The van der Waals surface area contributed by atoms with Crippen molar-refractivity contribution in [2.24, 2.45) is 5.92 Å². The van der Waals surface area contributed by atoms with Gasteiger partial charge in [0.2, 0.25) is 5.91 Å². The number of esters is 1. The SMILES string of the molecule is CCOC(=O)[C@@H]1CCCC[C@@H]1N1CCCC1=O. The van der Waals surface area contributed by atoms with E-state index in [4.69, 9.17) is 4.74 Å². The van der Waals surface area contributed by atoms with Gasteiger partial charge in [-0.1, -0.05) is 12.8 Å². The highest BCUT2D eigenvalue weighted by molar-refractivity contribution is 5.80. The van der Waals surface area contributed by atoms with Crippen molar-refractivity contribution in [2.75, 3.05) is 13.2 Å². The summed E-state index contributed by atoms with van der Waals surface area (Å²) < 4.78 is 5.13. The first-order valence-corrected chi connectivity index (χ1v) is 6.70. The van der Waals surface area contributed by atoms with Crippen LogP contribution in [0.4, 0.5) is 0 Å². The van der Waals surface area contributed by atoms with Crippen molar-refractivity contribution in [1.29, 1.82) is 0 Å². The topological polar surface area (TPSA) is 46.6 Å². The van der Waals surface area contributed by atoms with Crippen molar-refractivity contribution in [1.82, 2.24) is 4.90 Å². The van der Waals surface area contributed by atoms with Crippen LogP contribution in [-0.4, -0.2) is 36.0 Å². The molecule has 1 aliphatic carbocycles. The first kappa shape index (κ1) is 12.4. The minimum Gasteiger partial charge on any atom is -0.466 e. The third kappa shape index (κ3) is 2.61. The van der Waals surface area contributed by atoms with Crippen molar-refractivity contribution in [3.8, 4) is 0 Å². The molecule has 17 heavy (non-hydrogen) atoms. The summed E-state index contributed by atoms with van der Waals surface area (Å²) in [6, 6.07) is 0.0952. The lowest BCUT2D eigenvalue weighted by Crippen LogP contribution is -2.46. The third-order valence-electron chi connectivity index (χ3n) is 3.83. The number of amides is 1. The molecule has 1 amide bonds. The Labute approximate surface area is 102 Å². The molecular formula is C13H21NO3. The lowest BCUT2D eigenvalue weighted by Gasteiger charge is -2.36. The second-order valence-corrected chi connectivity index (χ2v) is 4.90. The molecule has 0 radical (unpaired) electrons. The maximum atomic E-state index is 11.9. The molecule has 2 rings (SSSR count). The van der Waals surface area contributed by atoms with Crippen LogP contribution in [0.25, 0.3) is 0 Å². The second kappa shape index (κ2) is 5.52. The molecular weight excluding hydrogens is 218 g/mol. The molecule has 0 N–H and O–H groups in total. The van der Waals surface area contributed by atoms with Crippen molar-refractivity contribution >= 4 is 11.9 Å². The van der Waals surface area contributed by atoms with Crippen LogP contribution in [-0.2, 0) is 14.3 Å². The zero-order valence-electron chi connectivity index (χ0n) is 10.5. The van der Waals surface area contributed by atoms with Gasteiger partial charge in [0.15, 0.2) is 0 Å². The van der Waals surface area contributed by atoms with E-state index >= 15 is 0 Å². The van der Waals surface area contributed by atoms with Gasteiger partial charge in [-0.15, -0.1) is 0 Å². The van der Waals surface area contributed by atoms with Crippen LogP contribution in [0, 0.1) is 5.92 Å². The summed E-state index contributed by atoms with van der Waals surface area (Å²) in [6.45, 7) is 3.08. The first-order valence-electron chi connectivity index (χ1n) is 6.70. The average Bonchev–Trinajstić information content (AvgIpc) is 2.76. The van der Waals surface area contributed by atoms with Gasteiger partial charge in [0.25, 0.3) is 0 Å². The average molecular weight is 239 g/mol. The van der Waals surface area contributed by atoms with E-state index in [0.717, 1.165) is 38.6 Å². The minimum atomic E-state index is -0.114. The summed E-state index contributed by atoms with van der Waals surface area (Å²) in [5.74, 6) is 0.00819. The summed E-state index contributed by atoms with van der Waals surface area (Å²) in [6.07, 6.45) is 5.59. The molecule has 0 aromatic rings. The number of carbonyl (C=O) groups is 2. The molecule has 2 aliphatic rings. The number of ether oxygens (including phenoxy) is 1. The van der Waals surface area contributed by atoms with Gasteiger partial charge in [-0.25, -0.2) is 0 Å². The summed E-state index contributed by atoms with van der Waals surface area (Å²) in [5, 5.41) is 0. The number of rotatable bonds is 3. The molecule has 0 aromatic heterocycles. The molecule has 0 spiro atoms. The Balaban J connectivity index is 2.06. The quantitative estimate of drug-likeness (QED) is 0.705. The molecule has 2 fully saturated rings. The number of likely N-dealkylation sites (tertiary alicyclic amines) is 1. The molecule has 1 aliphatic heterocycles. The lowest BCUT2D eigenvalue weighted by atomic mass is 9.83.